The number of allylic oxidation sites excluding steroid dienone is 3. The van der Waals surface area contributed by atoms with Gasteiger partial charge in [0.1, 0.15) is 18.1 Å². The Labute approximate surface area is 328 Å². The van der Waals surface area contributed by atoms with Gasteiger partial charge in [-0.1, -0.05) is 77.7 Å². The van der Waals surface area contributed by atoms with Crippen LogP contribution in [0.4, 0.5) is 4.79 Å². The lowest BCUT2D eigenvalue weighted by molar-refractivity contribution is -0.143. The molecule has 0 radical (unpaired) electrons. The summed E-state index contributed by atoms with van der Waals surface area (Å²) >= 11 is 0. The largest absolute Gasteiger partial charge is 0.344 e. The van der Waals surface area contributed by atoms with E-state index in [4.69, 9.17) is 0 Å². The van der Waals surface area contributed by atoms with Crippen molar-refractivity contribution in [3.05, 3.63) is 24.3 Å². The Morgan fingerprint density at radius 3 is 2.15 bits per heavy atom. The molecule has 1 saturated carbocycles. The first-order chi connectivity index (χ1) is 26.0. The van der Waals surface area contributed by atoms with Crippen LogP contribution in [0.3, 0.4) is 0 Å². The Balaban J connectivity index is 2.16. The second-order valence-corrected chi connectivity index (χ2v) is 16.2. The van der Waals surface area contributed by atoms with Gasteiger partial charge in [-0.15, -0.1) is 0 Å². The predicted octanol–water partition coefficient (Wildman–Crippen LogP) is 3.90. The second-order valence-electron chi connectivity index (χ2n) is 16.2. The van der Waals surface area contributed by atoms with Crippen LogP contribution in [-0.2, 0) is 28.8 Å². The maximum atomic E-state index is 14.2. The average Bonchev–Trinajstić information content (AvgIpc) is 3.64. The molecule has 1 saturated heterocycles. The molecule has 1 aliphatic heterocycles. The van der Waals surface area contributed by atoms with Crippen molar-refractivity contribution in [1.82, 2.24) is 36.4 Å². The summed E-state index contributed by atoms with van der Waals surface area (Å²) < 4.78 is 0. The molecular weight excluding hydrogens is 702 g/mol. The summed E-state index contributed by atoms with van der Waals surface area (Å²) in [6, 6.07) is -4.18. The molecule has 1 aliphatic carbocycles. The standard InChI is InChI=1S/C41H69N7O7/c1-9-12-13-14-18-22-30(38(53)47(8)24-10-2)43-33(49)27-42-37(52)35(50)31(26-28(4)11-3)44-36(51)32-23-19-25-48(32)39(54)34(29-20-16-15-17-21-29)45-40(55)46-41(5,6)7/h12-14,18,28-32,34H,9-11,15-17,19-27H2,1-8H3,(H,42,52)(H,43,49)(H,44,51)(H2,45,46,55)/b13-12-,18-14-. The smallest absolute Gasteiger partial charge is 0.315 e. The first kappa shape index (κ1) is 46.9. The van der Waals surface area contributed by atoms with Crippen LogP contribution in [0.1, 0.15) is 126 Å². The molecule has 0 bridgehead atoms. The van der Waals surface area contributed by atoms with E-state index in [2.05, 4.69) is 26.6 Å². The molecule has 5 unspecified atom stereocenters. The minimum atomic E-state index is -1.19. The van der Waals surface area contributed by atoms with E-state index in [-0.39, 0.29) is 36.5 Å². The van der Waals surface area contributed by atoms with E-state index < -0.39 is 65.8 Å². The molecule has 0 spiro atoms. The van der Waals surface area contributed by atoms with Crippen molar-refractivity contribution < 1.29 is 33.6 Å². The van der Waals surface area contributed by atoms with E-state index in [9.17, 15) is 33.6 Å². The molecule has 5 N–H and O–H groups in total. The maximum absolute atomic E-state index is 14.2. The molecule has 2 aliphatic rings. The number of hydrogen-bond acceptors (Lipinski definition) is 7. The van der Waals surface area contributed by atoms with Gasteiger partial charge in [0.2, 0.25) is 29.4 Å². The third-order valence-electron chi connectivity index (χ3n) is 10.2. The van der Waals surface area contributed by atoms with E-state index >= 15 is 0 Å². The Morgan fingerprint density at radius 1 is 0.855 bits per heavy atom. The number of rotatable bonds is 20. The Morgan fingerprint density at radius 2 is 1.53 bits per heavy atom. The first-order valence-corrected chi connectivity index (χ1v) is 20.4. The van der Waals surface area contributed by atoms with Crippen LogP contribution in [0, 0.1) is 11.8 Å². The lowest BCUT2D eigenvalue weighted by Gasteiger charge is -2.35. The van der Waals surface area contributed by atoms with Gasteiger partial charge in [0.25, 0.3) is 5.91 Å². The molecule has 14 nitrogen and oxygen atoms in total. The zero-order valence-corrected chi connectivity index (χ0v) is 34.6. The minimum Gasteiger partial charge on any atom is -0.344 e. The normalized spacial score (nSPS) is 18.6. The SMILES string of the molecule is CC/C=C\C=C/CC(NC(=O)CNC(=O)C(=O)C(CC(C)CC)NC(=O)C1CCCN1C(=O)C(NC(=O)NC(C)(C)C)C1CCCCC1)C(=O)N(C)CCC. The third-order valence-corrected chi connectivity index (χ3v) is 10.2. The molecule has 14 heteroatoms. The summed E-state index contributed by atoms with van der Waals surface area (Å²) in [5.74, 6) is -3.81. The number of Topliss-reactive ketones (excluding diaryl/α,β-unsaturated/α-hetero) is 1. The average molecular weight is 772 g/mol. The summed E-state index contributed by atoms with van der Waals surface area (Å²) in [4.78, 5) is 96.9. The highest BCUT2D eigenvalue weighted by molar-refractivity contribution is 6.38. The first-order valence-electron chi connectivity index (χ1n) is 20.4. The molecule has 0 aromatic rings. The van der Waals surface area contributed by atoms with Gasteiger partial charge >= 0.3 is 6.03 Å². The number of ketones is 1. The van der Waals surface area contributed by atoms with Crippen molar-refractivity contribution in [3.8, 4) is 0 Å². The number of carbonyl (C=O) groups is 7. The van der Waals surface area contributed by atoms with Gasteiger partial charge in [-0.3, -0.25) is 28.8 Å². The quantitative estimate of drug-likeness (QED) is 0.0918. The van der Waals surface area contributed by atoms with E-state index in [0.717, 1.165) is 44.9 Å². The molecule has 2 fully saturated rings. The maximum Gasteiger partial charge on any atom is 0.315 e. The number of hydrogen-bond donors (Lipinski definition) is 5. The third kappa shape index (κ3) is 16.2. The second kappa shape index (κ2) is 23.6. The predicted molar refractivity (Wildman–Crippen MR) is 214 cm³/mol. The minimum absolute atomic E-state index is 0.0278. The van der Waals surface area contributed by atoms with Crippen LogP contribution < -0.4 is 26.6 Å². The van der Waals surface area contributed by atoms with Crippen LogP contribution in [0.25, 0.3) is 0 Å². The Kier molecular flexibility index (Phi) is 20.2. The van der Waals surface area contributed by atoms with Crippen LogP contribution in [-0.4, -0.2) is 108 Å². The lowest BCUT2D eigenvalue weighted by Crippen LogP contribution is -2.60. The highest BCUT2D eigenvalue weighted by Gasteiger charge is 2.42. The molecule has 310 valence electrons. The van der Waals surface area contributed by atoms with Crippen LogP contribution in [0.2, 0.25) is 0 Å². The van der Waals surface area contributed by atoms with Gasteiger partial charge in [-0.25, -0.2) is 4.79 Å². The van der Waals surface area contributed by atoms with Crippen molar-refractivity contribution in [3.63, 3.8) is 0 Å². The van der Waals surface area contributed by atoms with Gasteiger partial charge < -0.3 is 36.4 Å². The summed E-state index contributed by atoms with van der Waals surface area (Å²) in [5.41, 5.74) is -0.510. The summed E-state index contributed by atoms with van der Waals surface area (Å²) in [7, 11) is 1.66. The molecule has 7 amide bonds. The Bertz CT molecular complexity index is 1370. The zero-order valence-electron chi connectivity index (χ0n) is 34.6. The number of likely N-dealkylation sites (tertiary alicyclic amines) is 1. The van der Waals surface area contributed by atoms with Gasteiger partial charge in [0.15, 0.2) is 0 Å². The van der Waals surface area contributed by atoms with Crippen LogP contribution >= 0.6 is 0 Å². The fourth-order valence-corrected chi connectivity index (χ4v) is 7.01. The molecule has 2 rings (SSSR count). The Hall–Kier alpha value is -4.23. The summed E-state index contributed by atoms with van der Waals surface area (Å²) in [6.45, 7) is 13.7. The highest BCUT2D eigenvalue weighted by atomic mass is 16.2. The summed E-state index contributed by atoms with van der Waals surface area (Å²) in [5, 5.41) is 13.6. The van der Waals surface area contributed by atoms with Gasteiger partial charge in [-0.2, -0.15) is 0 Å². The van der Waals surface area contributed by atoms with Crippen molar-refractivity contribution in [2.75, 3.05) is 26.7 Å². The molecule has 0 aromatic heterocycles. The van der Waals surface area contributed by atoms with Crippen molar-refractivity contribution >= 4 is 41.4 Å². The van der Waals surface area contributed by atoms with Crippen molar-refractivity contribution in [2.45, 2.75) is 155 Å². The van der Waals surface area contributed by atoms with Gasteiger partial charge in [-0.05, 0) is 84.0 Å². The van der Waals surface area contributed by atoms with Gasteiger partial charge in [0.05, 0.1) is 12.6 Å². The van der Waals surface area contributed by atoms with Crippen LogP contribution in [0.5, 0.6) is 0 Å². The van der Waals surface area contributed by atoms with E-state index in [0.29, 0.717) is 32.4 Å². The molecule has 5 atom stereocenters. The monoisotopic (exact) mass is 772 g/mol. The molecule has 1 heterocycles. The number of nitrogens with one attached hydrogen (secondary N) is 5. The van der Waals surface area contributed by atoms with Crippen molar-refractivity contribution in [1.29, 1.82) is 0 Å². The molecular formula is C41H69N7O7. The zero-order chi connectivity index (χ0) is 41.1. The number of amides is 7. The fraction of sp³-hybridized carbons (Fsp3) is 0.732. The highest BCUT2D eigenvalue weighted by Crippen LogP contribution is 2.29. The van der Waals surface area contributed by atoms with Crippen LogP contribution in [0.15, 0.2) is 24.3 Å². The number of carbonyl (C=O) groups excluding carboxylic acids is 7. The number of likely N-dealkylation sites (N-methyl/N-ethyl adjacent to an activating group) is 1. The van der Waals surface area contributed by atoms with E-state index in [1.807, 2.05) is 60.6 Å². The fourth-order valence-electron chi connectivity index (χ4n) is 7.01. The molecule has 0 aromatic carbocycles. The number of nitrogens with zero attached hydrogens (tertiary/aromatic N) is 2. The van der Waals surface area contributed by atoms with E-state index in [1.165, 1.54) is 4.90 Å². The van der Waals surface area contributed by atoms with E-state index in [1.54, 1.807) is 24.1 Å². The molecule has 55 heavy (non-hydrogen) atoms. The van der Waals surface area contributed by atoms with Crippen molar-refractivity contribution in [2.24, 2.45) is 11.8 Å². The lowest BCUT2D eigenvalue weighted by atomic mass is 9.83. The number of urea groups is 1. The summed E-state index contributed by atoms with van der Waals surface area (Å²) in [6.07, 6.45) is 15.6. The van der Waals surface area contributed by atoms with Gasteiger partial charge in [0, 0.05) is 25.7 Å². The topological polar surface area (TPSA) is 186 Å².